The van der Waals surface area contributed by atoms with Crippen LogP contribution in [0.5, 0.6) is 0 Å². The van der Waals surface area contributed by atoms with E-state index in [1.165, 1.54) is 32.1 Å². The van der Waals surface area contributed by atoms with Gasteiger partial charge >= 0.3 is 0 Å². The van der Waals surface area contributed by atoms with Crippen LogP contribution in [-0.4, -0.2) is 30.1 Å². The van der Waals surface area contributed by atoms with E-state index in [0.29, 0.717) is 12.1 Å². The summed E-state index contributed by atoms with van der Waals surface area (Å²) in [5, 5.41) is 0. The molecule has 0 aromatic rings. The third-order valence-corrected chi connectivity index (χ3v) is 5.32. The highest BCUT2D eigenvalue weighted by Crippen LogP contribution is 2.38. The zero-order valence-corrected chi connectivity index (χ0v) is 12.0. The predicted octanol–water partition coefficient (Wildman–Crippen LogP) is 2.87. The largest absolute Gasteiger partial charge is 0.326 e. The quantitative estimate of drug-likeness (QED) is 0.816. The van der Waals surface area contributed by atoms with Gasteiger partial charge in [0.15, 0.2) is 0 Å². The Morgan fingerprint density at radius 2 is 1.59 bits per heavy atom. The summed E-state index contributed by atoms with van der Waals surface area (Å²) in [6.45, 7) is 7.12. The van der Waals surface area contributed by atoms with E-state index in [1.807, 2.05) is 0 Å². The lowest BCUT2D eigenvalue weighted by molar-refractivity contribution is 0.0821. The second kappa shape index (κ2) is 5.27. The summed E-state index contributed by atoms with van der Waals surface area (Å²) in [4.78, 5) is 2.59. The van der Waals surface area contributed by atoms with Gasteiger partial charge in [-0.3, -0.25) is 4.90 Å². The van der Waals surface area contributed by atoms with E-state index in [9.17, 15) is 0 Å². The average Bonchev–Trinajstić information content (AvgIpc) is 3.11. The fourth-order valence-corrected chi connectivity index (χ4v) is 3.49. The maximum absolute atomic E-state index is 6.36. The molecule has 0 aliphatic heterocycles. The lowest BCUT2D eigenvalue weighted by Crippen LogP contribution is -2.53. The van der Waals surface area contributed by atoms with Gasteiger partial charge in [0.1, 0.15) is 0 Å². The highest BCUT2D eigenvalue weighted by Gasteiger charge is 2.38. The molecule has 2 saturated carbocycles. The lowest BCUT2D eigenvalue weighted by atomic mass is 9.76. The van der Waals surface area contributed by atoms with Crippen molar-refractivity contribution < 1.29 is 0 Å². The summed E-state index contributed by atoms with van der Waals surface area (Å²) in [6.07, 6.45) is 6.73. The molecule has 0 saturated heterocycles. The molecule has 0 radical (unpaired) electrons. The molecule has 2 rings (SSSR count). The minimum atomic E-state index is 0.399. The van der Waals surface area contributed by atoms with Gasteiger partial charge in [0, 0.05) is 18.1 Å². The van der Waals surface area contributed by atoms with Crippen LogP contribution in [0.1, 0.15) is 52.9 Å². The third kappa shape index (κ3) is 3.03. The average molecular weight is 238 g/mol. The molecule has 0 heterocycles. The van der Waals surface area contributed by atoms with Gasteiger partial charge in [0.2, 0.25) is 0 Å². The standard InChI is InChI=1S/C15H30N2/c1-10(2)13-7-8-14(16)15(9-13)17(4)11(3)12-5-6-12/h10-15H,5-9,16H2,1-4H3. The highest BCUT2D eigenvalue weighted by molar-refractivity contribution is 4.94. The minimum absolute atomic E-state index is 0.399. The van der Waals surface area contributed by atoms with Gasteiger partial charge in [0.05, 0.1) is 0 Å². The molecule has 100 valence electrons. The zero-order chi connectivity index (χ0) is 12.6. The van der Waals surface area contributed by atoms with E-state index in [1.54, 1.807) is 0 Å². The Balaban J connectivity index is 1.96. The fourth-order valence-electron chi connectivity index (χ4n) is 3.49. The smallest absolute Gasteiger partial charge is 0.0249 e. The van der Waals surface area contributed by atoms with Gasteiger partial charge < -0.3 is 5.73 Å². The van der Waals surface area contributed by atoms with Gasteiger partial charge in [0.25, 0.3) is 0 Å². The molecule has 4 atom stereocenters. The van der Waals surface area contributed by atoms with Crippen LogP contribution in [0.25, 0.3) is 0 Å². The van der Waals surface area contributed by atoms with Crippen LogP contribution in [0.2, 0.25) is 0 Å². The number of rotatable bonds is 4. The van der Waals surface area contributed by atoms with E-state index in [4.69, 9.17) is 5.73 Å². The van der Waals surface area contributed by atoms with Crippen molar-refractivity contribution >= 4 is 0 Å². The molecule has 2 fully saturated rings. The molecule has 2 aliphatic carbocycles. The SMILES string of the molecule is CC(C)C1CCC(N)C(N(C)C(C)C2CC2)C1. The molecular weight excluding hydrogens is 208 g/mol. The van der Waals surface area contributed by atoms with E-state index < -0.39 is 0 Å². The summed E-state index contributed by atoms with van der Waals surface area (Å²) in [5.41, 5.74) is 6.36. The number of hydrogen-bond acceptors (Lipinski definition) is 2. The summed E-state index contributed by atoms with van der Waals surface area (Å²) in [6, 6.07) is 1.75. The number of hydrogen-bond donors (Lipinski definition) is 1. The Morgan fingerprint density at radius 1 is 1.00 bits per heavy atom. The molecule has 0 aromatic heterocycles. The molecule has 0 spiro atoms. The second-order valence-corrected chi connectivity index (χ2v) is 6.79. The van der Waals surface area contributed by atoms with E-state index in [0.717, 1.165) is 23.8 Å². The molecular formula is C15H30N2. The second-order valence-electron chi connectivity index (χ2n) is 6.79. The van der Waals surface area contributed by atoms with E-state index in [2.05, 4.69) is 32.7 Å². The van der Waals surface area contributed by atoms with Gasteiger partial charge in [-0.05, 0) is 63.8 Å². The van der Waals surface area contributed by atoms with Crippen molar-refractivity contribution in [3.8, 4) is 0 Å². The predicted molar refractivity (Wildman–Crippen MR) is 73.9 cm³/mol. The number of nitrogens with zero attached hydrogens (tertiary/aromatic N) is 1. The van der Waals surface area contributed by atoms with Crippen LogP contribution in [0.15, 0.2) is 0 Å². The first-order valence-corrected chi connectivity index (χ1v) is 7.48. The zero-order valence-electron chi connectivity index (χ0n) is 12.0. The maximum atomic E-state index is 6.36. The maximum Gasteiger partial charge on any atom is 0.0249 e. The van der Waals surface area contributed by atoms with Crippen LogP contribution in [0, 0.1) is 17.8 Å². The first-order chi connectivity index (χ1) is 8.00. The van der Waals surface area contributed by atoms with Gasteiger partial charge in [-0.1, -0.05) is 13.8 Å². The molecule has 2 heteroatoms. The number of likely N-dealkylation sites (N-methyl/N-ethyl adjacent to an activating group) is 1. The van der Waals surface area contributed by atoms with Crippen molar-refractivity contribution in [2.75, 3.05) is 7.05 Å². The Labute approximate surface area is 107 Å². The molecule has 0 amide bonds. The molecule has 0 aromatic carbocycles. The first kappa shape index (κ1) is 13.4. The van der Waals surface area contributed by atoms with Crippen LogP contribution in [-0.2, 0) is 0 Å². The van der Waals surface area contributed by atoms with Crippen molar-refractivity contribution in [2.24, 2.45) is 23.5 Å². The van der Waals surface area contributed by atoms with Gasteiger partial charge in [-0.25, -0.2) is 0 Å². The normalized spacial score (nSPS) is 36.5. The molecule has 2 aliphatic rings. The first-order valence-electron chi connectivity index (χ1n) is 7.48. The summed E-state index contributed by atoms with van der Waals surface area (Å²) in [7, 11) is 2.30. The molecule has 2 N–H and O–H groups in total. The van der Waals surface area contributed by atoms with Crippen molar-refractivity contribution in [3.05, 3.63) is 0 Å². The summed E-state index contributed by atoms with van der Waals surface area (Å²) in [5.74, 6) is 2.65. The van der Waals surface area contributed by atoms with Gasteiger partial charge in [-0.15, -0.1) is 0 Å². The summed E-state index contributed by atoms with van der Waals surface area (Å²) >= 11 is 0. The van der Waals surface area contributed by atoms with Crippen molar-refractivity contribution in [2.45, 2.75) is 71.0 Å². The van der Waals surface area contributed by atoms with E-state index in [-0.39, 0.29) is 0 Å². The topological polar surface area (TPSA) is 29.3 Å². The monoisotopic (exact) mass is 238 g/mol. The van der Waals surface area contributed by atoms with Crippen LogP contribution >= 0.6 is 0 Å². The minimum Gasteiger partial charge on any atom is -0.326 e. The highest BCUT2D eigenvalue weighted by atomic mass is 15.2. The van der Waals surface area contributed by atoms with Crippen LogP contribution in [0.3, 0.4) is 0 Å². The molecule has 0 bridgehead atoms. The summed E-state index contributed by atoms with van der Waals surface area (Å²) < 4.78 is 0. The fraction of sp³-hybridized carbons (Fsp3) is 1.00. The van der Waals surface area contributed by atoms with Crippen molar-refractivity contribution in [1.29, 1.82) is 0 Å². The van der Waals surface area contributed by atoms with Crippen LogP contribution in [0.4, 0.5) is 0 Å². The van der Waals surface area contributed by atoms with Crippen molar-refractivity contribution in [1.82, 2.24) is 4.90 Å². The van der Waals surface area contributed by atoms with E-state index >= 15 is 0 Å². The number of nitrogens with two attached hydrogens (primary N) is 1. The Morgan fingerprint density at radius 3 is 2.12 bits per heavy atom. The lowest BCUT2D eigenvalue weighted by Gasteiger charge is -2.43. The Kier molecular flexibility index (Phi) is 4.14. The van der Waals surface area contributed by atoms with Gasteiger partial charge in [-0.2, -0.15) is 0 Å². The van der Waals surface area contributed by atoms with Crippen molar-refractivity contribution in [3.63, 3.8) is 0 Å². The van der Waals surface area contributed by atoms with Crippen LogP contribution < -0.4 is 5.73 Å². The molecule has 17 heavy (non-hydrogen) atoms. The molecule has 4 unspecified atom stereocenters. The Bertz CT molecular complexity index is 247. The Hall–Kier alpha value is -0.0800. The third-order valence-electron chi connectivity index (χ3n) is 5.32. The molecule has 2 nitrogen and oxygen atoms in total.